The summed E-state index contributed by atoms with van der Waals surface area (Å²) in [5.74, 6) is -1.55. The predicted molar refractivity (Wildman–Crippen MR) is 154 cm³/mol. The van der Waals surface area contributed by atoms with E-state index in [2.05, 4.69) is 11.8 Å². The van der Waals surface area contributed by atoms with E-state index in [9.17, 15) is 15.0 Å². The summed E-state index contributed by atoms with van der Waals surface area (Å²) < 4.78 is 38.0. The van der Waals surface area contributed by atoms with Crippen LogP contribution in [-0.4, -0.2) is 124 Å². The van der Waals surface area contributed by atoms with Crippen LogP contribution in [-0.2, 0) is 28.4 Å². The van der Waals surface area contributed by atoms with Crippen molar-refractivity contribution >= 4 is 5.97 Å². The second kappa shape index (κ2) is 10.2. The molecule has 10 heteroatoms. The number of nitrogens with zero attached hydrogens (tertiary/aromatic N) is 1. The van der Waals surface area contributed by atoms with Gasteiger partial charge in [0.2, 0.25) is 0 Å². The van der Waals surface area contributed by atoms with Crippen LogP contribution in [0.3, 0.4) is 0 Å². The van der Waals surface area contributed by atoms with E-state index in [0.29, 0.717) is 12.2 Å². The molecule has 0 unspecified atom stereocenters. The van der Waals surface area contributed by atoms with E-state index < -0.39 is 46.8 Å². The lowest BCUT2D eigenvalue weighted by molar-refractivity contribution is -0.321. The Morgan fingerprint density at radius 3 is 2.37 bits per heavy atom. The highest BCUT2D eigenvalue weighted by Crippen LogP contribution is 2.80. The van der Waals surface area contributed by atoms with Gasteiger partial charge in [0.25, 0.3) is 0 Å². The molecule has 43 heavy (non-hydrogen) atoms. The maximum absolute atomic E-state index is 13.7. The van der Waals surface area contributed by atoms with E-state index >= 15 is 0 Å². The first-order valence-corrected chi connectivity index (χ1v) is 15.7. The van der Waals surface area contributed by atoms with Gasteiger partial charge in [0.15, 0.2) is 0 Å². The number of aliphatic hydroxyl groups excluding tert-OH is 1. The zero-order valence-electron chi connectivity index (χ0n) is 26.1. The van der Waals surface area contributed by atoms with Gasteiger partial charge in [-0.1, -0.05) is 25.1 Å². The van der Waals surface area contributed by atoms with E-state index in [0.717, 1.165) is 25.9 Å². The first-order chi connectivity index (χ1) is 20.7. The zero-order chi connectivity index (χ0) is 30.5. The lowest BCUT2D eigenvalue weighted by atomic mass is 9.43. The maximum Gasteiger partial charge on any atom is 0.338 e. The molecular formula is C33H47NO9. The molecule has 1 aliphatic heterocycles. The number of esters is 1. The molecule has 1 spiro atoms. The molecule has 1 saturated heterocycles. The fourth-order valence-electron chi connectivity index (χ4n) is 12.3. The minimum absolute atomic E-state index is 0.0186. The van der Waals surface area contributed by atoms with Crippen molar-refractivity contribution in [3.63, 3.8) is 0 Å². The van der Waals surface area contributed by atoms with Crippen LogP contribution in [0.15, 0.2) is 30.3 Å². The first-order valence-electron chi connectivity index (χ1n) is 15.7. The molecule has 6 aliphatic rings. The average molecular weight is 602 g/mol. The normalized spacial score (nSPS) is 51.0. The van der Waals surface area contributed by atoms with E-state index in [1.165, 1.54) is 7.11 Å². The minimum atomic E-state index is -1.64. The highest BCUT2D eigenvalue weighted by Gasteiger charge is 2.90. The van der Waals surface area contributed by atoms with E-state index in [4.69, 9.17) is 28.4 Å². The van der Waals surface area contributed by atoms with Crippen LogP contribution in [0.4, 0.5) is 0 Å². The molecule has 6 fully saturated rings. The van der Waals surface area contributed by atoms with Crippen LogP contribution in [0.2, 0.25) is 0 Å². The van der Waals surface area contributed by atoms with Gasteiger partial charge in [0.05, 0.1) is 24.4 Å². The summed E-state index contributed by atoms with van der Waals surface area (Å²) in [6, 6.07) is 8.79. The minimum Gasteiger partial charge on any atom is -0.455 e. The fraction of sp³-hybridized carbons (Fsp3) is 0.788. The lowest BCUT2D eigenvalue weighted by Gasteiger charge is -2.69. The van der Waals surface area contributed by atoms with Crippen LogP contribution >= 0.6 is 0 Å². The molecule has 1 aromatic carbocycles. The Balaban J connectivity index is 1.49. The summed E-state index contributed by atoms with van der Waals surface area (Å²) >= 11 is 0. The second-order valence-corrected chi connectivity index (χ2v) is 13.9. The summed E-state index contributed by atoms with van der Waals surface area (Å²) in [4.78, 5) is 16.2. The van der Waals surface area contributed by atoms with E-state index in [1.54, 1.807) is 52.7 Å². The van der Waals surface area contributed by atoms with Crippen molar-refractivity contribution in [2.45, 2.75) is 73.9 Å². The molecule has 238 valence electrons. The van der Waals surface area contributed by atoms with Crippen molar-refractivity contribution in [2.24, 2.45) is 34.5 Å². The summed E-state index contributed by atoms with van der Waals surface area (Å²) in [6.07, 6.45) is -1.58. The lowest BCUT2D eigenvalue weighted by Crippen LogP contribution is -2.80. The highest BCUT2D eigenvalue weighted by molar-refractivity contribution is 5.89. The molecule has 7 rings (SSSR count). The number of ether oxygens (including phenoxy) is 6. The smallest absolute Gasteiger partial charge is 0.338 e. The molecule has 10 nitrogen and oxygen atoms in total. The molecule has 7 bridgehead atoms. The summed E-state index contributed by atoms with van der Waals surface area (Å²) in [7, 11) is 8.45. The Morgan fingerprint density at radius 1 is 1.02 bits per heavy atom. The average Bonchev–Trinajstić information content (AvgIpc) is 3.39. The van der Waals surface area contributed by atoms with Gasteiger partial charge in [-0.25, -0.2) is 4.79 Å². The molecule has 1 heterocycles. The van der Waals surface area contributed by atoms with Crippen molar-refractivity contribution in [1.29, 1.82) is 0 Å². The summed E-state index contributed by atoms with van der Waals surface area (Å²) in [5.41, 5.74) is -3.15. The van der Waals surface area contributed by atoms with Gasteiger partial charge in [-0.2, -0.15) is 0 Å². The van der Waals surface area contributed by atoms with Gasteiger partial charge < -0.3 is 38.6 Å². The monoisotopic (exact) mass is 601 g/mol. The summed E-state index contributed by atoms with van der Waals surface area (Å²) in [5, 5.41) is 25.1. The number of carbonyl (C=O) groups is 1. The number of likely N-dealkylation sites (tertiary alicyclic amines) is 1. The van der Waals surface area contributed by atoms with Crippen molar-refractivity contribution in [3.05, 3.63) is 35.9 Å². The van der Waals surface area contributed by atoms with Gasteiger partial charge >= 0.3 is 5.97 Å². The Labute approximate surface area is 253 Å². The standard InChI is InChI=1S/C33H47NO9/c1-7-34-16-30(17-38-2)14-13-20(39-3)32-19-15-31(37)27(43-29(36)18-11-9-8-10-12-18)21(19)33(42-6,26(35)28(31)41-5)22(25(32)34)23(40-4)24(30)32/h8-12,19-28,35,37H,7,13-17H2,1-6H3/t19-,20-,21+,22-,23-,24+,25+,26-,27-,28-,30+,31+,32-,33+/m0/s1. The predicted octanol–water partition coefficient (Wildman–Crippen LogP) is 1.76. The zero-order valence-corrected chi connectivity index (χ0v) is 26.1. The number of benzene rings is 1. The number of methoxy groups -OCH3 is 5. The van der Waals surface area contributed by atoms with E-state index in [-0.39, 0.29) is 47.8 Å². The Kier molecular flexibility index (Phi) is 7.12. The first kappa shape index (κ1) is 30.0. The molecule has 2 N–H and O–H groups in total. The number of carbonyl (C=O) groups excluding carboxylic acids is 1. The van der Waals surface area contributed by atoms with E-state index in [1.807, 2.05) is 6.07 Å². The third kappa shape index (κ3) is 3.34. The van der Waals surface area contributed by atoms with Crippen molar-refractivity contribution < 1.29 is 43.4 Å². The molecule has 1 aromatic rings. The van der Waals surface area contributed by atoms with Crippen LogP contribution in [0.25, 0.3) is 0 Å². The maximum atomic E-state index is 13.7. The van der Waals surface area contributed by atoms with Crippen LogP contribution in [0.1, 0.15) is 36.5 Å². The van der Waals surface area contributed by atoms with Crippen molar-refractivity contribution in [2.75, 3.05) is 55.2 Å². The van der Waals surface area contributed by atoms with Crippen LogP contribution in [0.5, 0.6) is 0 Å². The molecule has 14 atom stereocenters. The number of rotatable bonds is 9. The number of hydrogen-bond donors (Lipinski definition) is 2. The third-order valence-corrected chi connectivity index (χ3v) is 13.1. The Bertz CT molecular complexity index is 1230. The van der Waals surface area contributed by atoms with Gasteiger partial charge in [-0.15, -0.1) is 0 Å². The molecule has 5 saturated carbocycles. The SMILES string of the molecule is CCN1C[C@@]2(COC)CC[C@H](OC)[C@@]34[C@@H]2[C@@H](OC)[C@@H]([C@@H]13)[C@]1(OC)[C@H]2[C@H](OC(=O)c3ccccc3)[C@](O)(C[C@@H]24)[C@@H](OC)[C@@H]1O. The molecule has 5 aliphatic carbocycles. The van der Waals surface area contributed by atoms with Gasteiger partial charge in [0, 0.05) is 76.7 Å². The molecule has 0 aromatic heterocycles. The topological polar surface area (TPSA) is 116 Å². The Hall–Kier alpha value is -1.63. The molecule has 0 amide bonds. The molecule has 0 radical (unpaired) electrons. The van der Waals surface area contributed by atoms with Crippen molar-refractivity contribution in [1.82, 2.24) is 4.90 Å². The fourth-order valence-corrected chi connectivity index (χ4v) is 12.3. The number of aliphatic hydroxyl groups is 2. The van der Waals surface area contributed by atoms with Gasteiger partial charge in [-0.05, 0) is 43.9 Å². The Morgan fingerprint density at radius 2 is 1.77 bits per heavy atom. The molecular weight excluding hydrogens is 554 g/mol. The highest BCUT2D eigenvalue weighted by atomic mass is 16.6. The second-order valence-electron chi connectivity index (χ2n) is 13.9. The summed E-state index contributed by atoms with van der Waals surface area (Å²) in [6.45, 7) is 4.40. The quantitative estimate of drug-likeness (QED) is 0.406. The van der Waals surface area contributed by atoms with Crippen LogP contribution < -0.4 is 0 Å². The number of piperidine rings is 1. The number of hydrogen-bond acceptors (Lipinski definition) is 10. The van der Waals surface area contributed by atoms with Crippen molar-refractivity contribution in [3.8, 4) is 0 Å². The largest absolute Gasteiger partial charge is 0.455 e. The number of fused-ring (bicyclic) bond motifs is 2. The third-order valence-electron chi connectivity index (χ3n) is 13.1. The van der Waals surface area contributed by atoms with Crippen LogP contribution in [0, 0.1) is 34.5 Å². The van der Waals surface area contributed by atoms with Gasteiger partial charge in [0.1, 0.15) is 29.5 Å². The van der Waals surface area contributed by atoms with Gasteiger partial charge in [-0.3, -0.25) is 4.90 Å².